The van der Waals surface area contributed by atoms with Gasteiger partial charge in [0.2, 0.25) is 5.82 Å². The molecule has 1 N–H and O–H groups in total. The SMILES string of the molecule is CC(C)c1nn(C)c(NC2CC2)c1[N+](=O)[O-]. The molecule has 1 saturated carbocycles. The zero-order valence-corrected chi connectivity index (χ0v) is 9.73. The minimum Gasteiger partial charge on any atom is -0.362 e. The van der Waals surface area contributed by atoms with Gasteiger partial charge in [-0.15, -0.1) is 0 Å². The molecule has 6 nitrogen and oxygen atoms in total. The summed E-state index contributed by atoms with van der Waals surface area (Å²) in [7, 11) is 1.74. The van der Waals surface area contributed by atoms with Crippen LogP contribution in [-0.4, -0.2) is 20.7 Å². The van der Waals surface area contributed by atoms with Crippen LogP contribution < -0.4 is 5.32 Å². The van der Waals surface area contributed by atoms with Crippen LogP contribution in [0.4, 0.5) is 11.5 Å². The Labute approximate surface area is 93.8 Å². The van der Waals surface area contributed by atoms with E-state index < -0.39 is 0 Å². The average Bonchev–Trinajstić information content (AvgIpc) is 2.91. The number of nitro groups is 1. The van der Waals surface area contributed by atoms with Gasteiger partial charge in [0.25, 0.3) is 0 Å². The van der Waals surface area contributed by atoms with Crippen LogP contribution in [0.5, 0.6) is 0 Å². The Morgan fingerprint density at radius 2 is 2.19 bits per heavy atom. The predicted octanol–water partition coefficient (Wildman–Crippen LogP) is 2.03. The van der Waals surface area contributed by atoms with Gasteiger partial charge in [0.1, 0.15) is 5.69 Å². The molecule has 0 unspecified atom stereocenters. The van der Waals surface area contributed by atoms with Crippen LogP contribution in [0.3, 0.4) is 0 Å². The van der Waals surface area contributed by atoms with Crippen LogP contribution in [-0.2, 0) is 7.05 Å². The fourth-order valence-corrected chi connectivity index (χ4v) is 1.69. The summed E-state index contributed by atoms with van der Waals surface area (Å²) in [6.45, 7) is 3.83. The third kappa shape index (κ3) is 1.87. The number of aromatic nitrogens is 2. The summed E-state index contributed by atoms with van der Waals surface area (Å²) >= 11 is 0. The minimum absolute atomic E-state index is 0.0568. The molecule has 0 radical (unpaired) electrons. The highest BCUT2D eigenvalue weighted by Crippen LogP contribution is 2.35. The van der Waals surface area contributed by atoms with Gasteiger partial charge in [-0.25, -0.2) is 4.68 Å². The molecule has 1 aromatic rings. The van der Waals surface area contributed by atoms with Crippen LogP contribution in [0.1, 0.15) is 38.3 Å². The van der Waals surface area contributed by atoms with Gasteiger partial charge in [-0.1, -0.05) is 13.8 Å². The van der Waals surface area contributed by atoms with Crippen molar-refractivity contribution in [2.45, 2.75) is 38.6 Å². The van der Waals surface area contributed by atoms with Crippen molar-refractivity contribution in [3.8, 4) is 0 Å². The van der Waals surface area contributed by atoms with Crippen LogP contribution in [0.25, 0.3) is 0 Å². The van der Waals surface area contributed by atoms with E-state index in [0.717, 1.165) is 12.8 Å². The topological polar surface area (TPSA) is 73.0 Å². The second-order valence-corrected chi connectivity index (χ2v) is 4.54. The van der Waals surface area contributed by atoms with Crippen molar-refractivity contribution in [2.75, 3.05) is 5.32 Å². The molecule has 6 heteroatoms. The van der Waals surface area contributed by atoms with Crippen molar-refractivity contribution in [2.24, 2.45) is 7.05 Å². The standard InChI is InChI=1S/C10H16N4O2/c1-6(2)8-9(14(15)16)10(13(3)12-8)11-7-4-5-7/h6-7,11H,4-5H2,1-3H3. The van der Waals surface area contributed by atoms with Gasteiger partial charge in [-0.2, -0.15) is 5.10 Å². The summed E-state index contributed by atoms with van der Waals surface area (Å²) in [4.78, 5) is 10.7. The molecule has 0 aromatic carbocycles. The van der Waals surface area contributed by atoms with Gasteiger partial charge in [0, 0.05) is 19.0 Å². The third-order valence-electron chi connectivity index (χ3n) is 2.70. The second-order valence-electron chi connectivity index (χ2n) is 4.54. The Morgan fingerprint density at radius 1 is 1.56 bits per heavy atom. The predicted molar refractivity (Wildman–Crippen MR) is 60.6 cm³/mol. The molecular weight excluding hydrogens is 208 g/mol. The number of aryl methyl sites for hydroxylation is 1. The van der Waals surface area contributed by atoms with Gasteiger partial charge >= 0.3 is 5.69 Å². The highest BCUT2D eigenvalue weighted by molar-refractivity contribution is 5.61. The zero-order valence-electron chi connectivity index (χ0n) is 9.73. The summed E-state index contributed by atoms with van der Waals surface area (Å²) < 4.78 is 1.58. The lowest BCUT2D eigenvalue weighted by molar-refractivity contribution is -0.384. The first-order chi connectivity index (χ1) is 7.50. The van der Waals surface area contributed by atoms with Crippen molar-refractivity contribution >= 4 is 11.5 Å². The van der Waals surface area contributed by atoms with E-state index in [2.05, 4.69) is 10.4 Å². The number of nitrogens with one attached hydrogen (secondary N) is 1. The Balaban J connectivity index is 2.43. The summed E-state index contributed by atoms with van der Waals surface area (Å²) in [5.41, 5.74) is 0.681. The summed E-state index contributed by atoms with van der Waals surface area (Å²) in [6, 6.07) is 0.383. The van der Waals surface area contributed by atoms with Gasteiger partial charge < -0.3 is 5.32 Å². The van der Waals surface area contributed by atoms with E-state index in [1.807, 2.05) is 13.8 Å². The van der Waals surface area contributed by atoms with Crippen molar-refractivity contribution < 1.29 is 4.92 Å². The normalized spacial score (nSPS) is 15.5. The first-order valence-corrected chi connectivity index (χ1v) is 5.48. The Hall–Kier alpha value is -1.59. The number of hydrogen-bond donors (Lipinski definition) is 1. The van der Waals surface area contributed by atoms with Gasteiger partial charge in [-0.05, 0) is 12.8 Å². The van der Waals surface area contributed by atoms with Crippen LogP contribution in [0.2, 0.25) is 0 Å². The van der Waals surface area contributed by atoms with Crippen molar-refractivity contribution in [1.29, 1.82) is 0 Å². The lowest BCUT2D eigenvalue weighted by atomic mass is 10.1. The fraction of sp³-hybridized carbons (Fsp3) is 0.700. The lowest BCUT2D eigenvalue weighted by Crippen LogP contribution is -2.07. The largest absolute Gasteiger partial charge is 0.362 e. The van der Waals surface area contributed by atoms with E-state index in [1.54, 1.807) is 11.7 Å². The maximum Gasteiger partial charge on any atom is 0.334 e. The monoisotopic (exact) mass is 224 g/mol. The third-order valence-corrected chi connectivity index (χ3v) is 2.70. The van der Waals surface area contributed by atoms with E-state index in [-0.39, 0.29) is 16.5 Å². The lowest BCUT2D eigenvalue weighted by Gasteiger charge is -2.03. The van der Waals surface area contributed by atoms with Crippen LogP contribution in [0, 0.1) is 10.1 Å². The molecule has 88 valence electrons. The molecule has 0 bridgehead atoms. The van der Waals surface area contributed by atoms with E-state index in [1.165, 1.54) is 0 Å². The fourth-order valence-electron chi connectivity index (χ4n) is 1.69. The molecule has 0 aliphatic heterocycles. The smallest absolute Gasteiger partial charge is 0.334 e. The van der Waals surface area contributed by atoms with E-state index in [9.17, 15) is 10.1 Å². The van der Waals surface area contributed by atoms with E-state index >= 15 is 0 Å². The quantitative estimate of drug-likeness (QED) is 0.627. The number of hydrogen-bond acceptors (Lipinski definition) is 4. The van der Waals surface area contributed by atoms with Crippen LogP contribution in [0.15, 0.2) is 0 Å². The Kier molecular flexibility index (Phi) is 2.57. The van der Waals surface area contributed by atoms with Gasteiger partial charge in [0.15, 0.2) is 0 Å². The molecular formula is C10H16N4O2. The molecule has 0 saturated heterocycles. The molecule has 0 atom stereocenters. The van der Waals surface area contributed by atoms with Crippen LogP contribution >= 0.6 is 0 Å². The molecule has 0 spiro atoms. The number of rotatable bonds is 4. The molecule has 1 aliphatic carbocycles. The highest BCUT2D eigenvalue weighted by Gasteiger charge is 2.32. The summed E-state index contributed by atoms with van der Waals surface area (Å²) in [5, 5.41) is 18.5. The zero-order chi connectivity index (χ0) is 11.9. The van der Waals surface area contributed by atoms with Crippen molar-refractivity contribution in [1.82, 2.24) is 9.78 Å². The first-order valence-electron chi connectivity index (χ1n) is 5.48. The molecule has 0 amide bonds. The van der Waals surface area contributed by atoms with Gasteiger partial charge in [-0.3, -0.25) is 10.1 Å². The maximum absolute atomic E-state index is 11.1. The number of anilines is 1. The number of nitrogens with zero attached hydrogens (tertiary/aromatic N) is 3. The second kappa shape index (κ2) is 3.77. The molecule has 2 rings (SSSR count). The minimum atomic E-state index is -0.340. The molecule has 1 fully saturated rings. The molecule has 1 heterocycles. The van der Waals surface area contributed by atoms with Gasteiger partial charge in [0.05, 0.1) is 4.92 Å². The maximum atomic E-state index is 11.1. The van der Waals surface area contributed by atoms with E-state index in [4.69, 9.17) is 0 Å². The molecule has 1 aromatic heterocycles. The molecule has 16 heavy (non-hydrogen) atoms. The first kappa shape index (κ1) is 10.9. The highest BCUT2D eigenvalue weighted by atomic mass is 16.6. The Bertz CT molecular complexity index is 421. The average molecular weight is 224 g/mol. The van der Waals surface area contributed by atoms with Crippen molar-refractivity contribution in [3.63, 3.8) is 0 Å². The summed E-state index contributed by atoms with van der Waals surface area (Å²) in [6.07, 6.45) is 2.17. The Morgan fingerprint density at radius 3 is 2.62 bits per heavy atom. The summed E-state index contributed by atoms with van der Waals surface area (Å²) in [5.74, 6) is 0.595. The molecule has 1 aliphatic rings. The van der Waals surface area contributed by atoms with E-state index in [0.29, 0.717) is 17.6 Å². The van der Waals surface area contributed by atoms with Crippen molar-refractivity contribution in [3.05, 3.63) is 15.8 Å².